The quantitative estimate of drug-likeness (QED) is 0.692. The Kier molecular flexibility index (Phi) is 5.06. The fourth-order valence-electron chi connectivity index (χ4n) is 2.60. The van der Waals surface area contributed by atoms with Crippen molar-refractivity contribution in [2.75, 3.05) is 0 Å². The first-order valence-corrected chi connectivity index (χ1v) is 9.57. The lowest BCUT2D eigenvalue weighted by Crippen LogP contribution is -2.29. The number of carbonyl (C=O) groups is 1. The predicted molar refractivity (Wildman–Crippen MR) is 102 cm³/mol. The fraction of sp³-hybridized carbons (Fsp3) is 0.0526. The molecule has 0 aliphatic heterocycles. The molecule has 0 spiro atoms. The monoisotopic (exact) mass is 386 g/mol. The number of rotatable bonds is 4. The second-order valence-corrected chi connectivity index (χ2v) is 7.69. The Labute approximate surface area is 156 Å². The molecule has 1 amide bonds. The molecule has 1 N–H and O–H groups in total. The third-order valence-electron chi connectivity index (χ3n) is 3.81. The van der Waals surface area contributed by atoms with Gasteiger partial charge in [0.25, 0.3) is 15.9 Å². The molecular formula is C19H15ClN2O3S. The molecule has 0 radical (unpaired) electrons. The minimum absolute atomic E-state index is 0.0227. The van der Waals surface area contributed by atoms with Crippen LogP contribution in [0.25, 0.3) is 16.3 Å². The van der Waals surface area contributed by atoms with Gasteiger partial charge in [-0.2, -0.15) is 0 Å². The molecule has 0 saturated heterocycles. The first-order valence-electron chi connectivity index (χ1n) is 7.71. The average Bonchev–Trinajstić information content (AvgIpc) is 2.61. The zero-order chi connectivity index (χ0) is 18.7. The Morgan fingerprint density at radius 3 is 2.65 bits per heavy atom. The van der Waals surface area contributed by atoms with E-state index < -0.39 is 15.9 Å². The van der Waals surface area contributed by atoms with Crippen LogP contribution in [0.15, 0.2) is 71.9 Å². The van der Waals surface area contributed by atoms with Crippen LogP contribution in [0, 0.1) is 0 Å². The first kappa shape index (κ1) is 18.1. The van der Waals surface area contributed by atoms with Crippen molar-refractivity contribution >= 4 is 43.9 Å². The first-order chi connectivity index (χ1) is 12.4. The summed E-state index contributed by atoms with van der Waals surface area (Å²) in [7, 11) is -4.03. The van der Waals surface area contributed by atoms with Crippen LogP contribution < -0.4 is 4.72 Å². The van der Waals surface area contributed by atoms with Gasteiger partial charge in [0, 0.05) is 34.3 Å². The fourth-order valence-corrected chi connectivity index (χ4v) is 4.05. The Hall–Kier alpha value is -2.70. The molecule has 3 aromatic rings. The zero-order valence-electron chi connectivity index (χ0n) is 13.8. The number of allylic oxidation sites excluding steroid dienone is 1. The molecule has 132 valence electrons. The molecule has 0 saturated carbocycles. The zero-order valence-corrected chi connectivity index (χ0v) is 15.4. The summed E-state index contributed by atoms with van der Waals surface area (Å²) >= 11 is 6.10. The summed E-state index contributed by atoms with van der Waals surface area (Å²) in [4.78, 5) is 16.2. The van der Waals surface area contributed by atoms with Crippen molar-refractivity contribution in [3.63, 3.8) is 0 Å². The number of carbonyl (C=O) groups excluding carboxylic acids is 1. The molecule has 7 heteroatoms. The molecule has 0 fully saturated rings. The van der Waals surface area contributed by atoms with Crippen LogP contribution in [0.4, 0.5) is 0 Å². The molecule has 0 aliphatic carbocycles. The van der Waals surface area contributed by atoms with Crippen molar-refractivity contribution in [1.82, 2.24) is 9.71 Å². The topological polar surface area (TPSA) is 76.1 Å². The third-order valence-corrected chi connectivity index (χ3v) is 5.55. The lowest BCUT2D eigenvalue weighted by atomic mass is 10.1. The van der Waals surface area contributed by atoms with Crippen LogP contribution >= 0.6 is 11.6 Å². The highest BCUT2D eigenvalue weighted by molar-refractivity contribution is 7.90. The molecule has 3 rings (SSSR count). The maximum absolute atomic E-state index is 12.6. The van der Waals surface area contributed by atoms with Gasteiger partial charge < -0.3 is 0 Å². The van der Waals surface area contributed by atoms with Gasteiger partial charge in [-0.3, -0.25) is 9.78 Å². The number of sulfonamides is 1. The summed E-state index contributed by atoms with van der Waals surface area (Å²) in [6.07, 6.45) is 4.29. The number of halogens is 1. The van der Waals surface area contributed by atoms with Crippen LogP contribution in [0.2, 0.25) is 5.02 Å². The molecule has 26 heavy (non-hydrogen) atoms. The number of benzene rings is 2. The summed E-state index contributed by atoms with van der Waals surface area (Å²) < 4.78 is 27.3. The molecule has 5 nitrogen and oxygen atoms in total. The van der Waals surface area contributed by atoms with Crippen LogP contribution in [-0.4, -0.2) is 19.3 Å². The van der Waals surface area contributed by atoms with E-state index in [0.29, 0.717) is 26.9 Å². The molecule has 0 atom stereocenters. The number of amides is 1. The summed E-state index contributed by atoms with van der Waals surface area (Å²) in [6.45, 7) is 1.69. The lowest BCUT2D eigenvalue weighted by Gasteiger charge is -2.09. The normalized spacial score (nSPS) is 12.2. The minimum Gasteiger partial charge on any atom is -0.269 e. The maximum atomic E-state index is 12.6. The van der Waals surface area contributed by atoms with E-state index in [4.69, 9.17) is 11.6 Å². The molecule has 0 bridgehead atoms. The second-order valence-electron chi connectivity index (χ2n) is 5.63. The molecule has 2 aromatic carbocycles. The van der Waals surface area contributed by atoms with Gasteiger partial charge in [-0.25, -0.2) is 13.1 Å². The SMILES string of the molecule is C/C(=C/C(=O)NS(=O)(=O)c1cccc2cnccc12)c1ccccc1Cl. The van der Waals surface area contributed by atoms with Gasteiger partial charge in [-0.1, -0.05) is 41.9 Å². The highest BCUT2D eigenvalue weighted by Crippen LogP contribution is 2.24. The van der Waals surface area contributed by atoms with E-state index >= 15 is 0 Å². The van der Waals surface area contributed by atoms with E-state index in [0.717, 1.165) is 0 Å². The van der Waals surface area contributed by atoms with Gasteiger partial charge in [0.15, 0.2) is 0 Å². The lowest BCUT2D eigenvalue weighted by molar-refractivity contribution is -0.114. The molecule has 0 aliphatic rings. The van der Waals surface area contributed by atoms with Crippen molar-refractivity contribution < 1.29 is 13.2 Å². The summed E-state index contributed by atoms with van der Waals surface area (Å²) in [5, 5.41) is 1.65. The number of pyridine rings is 1. The van der Waals surface area contributed by atoms with Crippen LogP contribution in [-0.2, 0) is 14.8 Å². The summed E-state index contributed by atoms with van der Waals surface area (Å²) in [5.41, 5.74) is 1.23. The van der Waals surface area contributed by atoms with E-state index in [-0.39, 0.29) is 4.90 Å². The smallest absolute Gasteiger partial charge is 0.264 e. The largest absolute Gasteiger partial charge is 0.269 e. The summed E-state index contributed by atoms with van der Waals surface area (Å²) in [5.74, 6) is -0.742. The van der Waals surface area contributed by atoms with Crippen molar-refractivity contribution in [3.05, 3.63) is 77.6 Å². The van der Waals surface area contributed by atoms with Gasteiger partial charge in [0.1, 0.15) is 0 Å². The van der Waals surface area contributed by atoms with E-state index in [2.05, 4.69) is 9.71 Å². The number of hydrogen-bond donors (Lipinski definition) is 1. The standard InChI is InChI=1S/C19H15ClN2O3S/c1-13(15-6-2-3-7-17(15)20)11-19(23)22-26(24,25)18-8-4-5-14-12-21-10-9-16(14)18/h2-12H,1H3,(H,22,23)/b13-11-. The number of aromatic nitrogens is 1. The molecule has 0 unspecified atom stereocenters. The number of hydrogen-bond acceptors (Lipinski definition) is 4. The van der Waals surface area contributed by atoms with E-state index in [1.807, 2.05) is 0 Å². The highest BCUT2D eigenvalue weighted by atomic mass is 35.5. The number of nitrogens with zero attached hydrogens (tertiary/aromatic N) is 1. The van der Waals surface area contributed by atoms with Crippen molar-refractivity contribution in [2.24, 2.45) is 0 Å². The van der Waals surface area contributed by atoms with E-state index in [1.54, 1.807) is 55.6 Å². The average molecular weight is 387 g/mol. The third kappa shape index (κ3) is 3.76. The number of nitrogens with one attached hydrogen (secondary N) is 1. The van der Waals surface area contributed by atoms with Crippen molar-refractivity contribution in [2.45, 2.75) is 11.8 Å². The van der Waals surface area contributed by atoms with Crippen LogP contribution in [0.3, 0.4) is 0 Å². The van der Waals surface area contributed by atoms with Crippen LogP contribution in [0.1, 0.15) is 12.5 Å². The Morgan fingerprint density at radius 1 is 1.12 bits per heavy atom. The maximum Gasteiger partial charge on any atom is 0.264 e. The molecular weight excluding hydrogens is 372 g/mol. The van der Waals surface area contributed by atoms with Gasteiger partial charge in [-0.05, 0) is 36.3 Å². The van der Waals surface area contributed by atoms with Crippen molar-refractivity contribution in [1.29, 1.82) is 0 Å². The van der Waals surface area contributed by atoms with Crippen molar-refractivity contribution in [3.8, 4) is 0 Å². The van der Waals surface area contributed by atoms with Gasteiger partial charge >= 0.3 is 0 Å². The van der Waals surface area contributed by atoms with Gasteiger partial charge in [0.2, 0.25) is 0 Å². The van der Waals surface area contributed by atoms with Gasteiger partial charge in [0.05, 0.1) is 4.90 Å². The number of fused-ring (bicyclic) bond motifs is 1. The van der Waals surface area contributed by atoms with E-state index in [9.17, 15) is 13.2 Å². The Bertz CT molecular complexity index is 1120. The van der Waals surface area contributed by atoms with Gasteiger partial charge in [-0.15, -0.1) is 0 Å². The molecule has 1 heterocycles. The van der Waals surface area contributed by atoms with E-state index in [1.165, 1.54) is 18.3 Å². The highest BCUT2D eigenvalue weighted by Gasteiger charge is 2.19. The Morgan fingerprint density at radius 2 is 1.88 bits per heavy atom. The molecule has 1 aromatic heterocycles. The van der Waals surface area contributed by atoms with Crippen LogP contribution in [0.5, 0.6) is 0 Å². The second kappa shape index (κ2) is 7.27. The predicted octanol–water partition coefficient (Wildman–Crippen LogP) is 3.80. The minimum atomic E-state index is -4.03. The Balaban J connectivity index is 1.91. The summed E-state index contributed by atoms with van der Waals surface area (Å²) in [6, 6.07) is 13.4.